The number of hydrogen-bond acceptors (Lipinski definition) is 0. The van der Waals surface area contributed by atoms with Gasteiger partial charge in [-0.3, -0.25) is 0 Å². The lowest BCUT2D eigenvalue weighted by molar-refractivity contribution is 0.261. The molecule has 0 bridgehead atoms. The third-order valence-corrected chi connectivity index (χ3v) is 4.86. The Morgan fingerprint density at radius 3 is 1.89 bits per heavy atom. The SMILES string of the molecule is CC(C)(Cc1ccccc1)C1(c2ccccc2)CC1. The molecule has 2 aromatic carbocycles. The average Bonchev–Trinajstić information content (AvgIpc) is 3.22. The summed E-state index contributed by atoms with van der Waals surface area (Å²) in [7, 11) is 0. The maximum absolute atomic E-state index is 2.43. The van der Waals surface area contributed by atoms with Crippen LogP contribution in [0.3, 0.4) is 0 Å². The van der Waals surface area contributed by atoms with E-state index >= 15 is 0 Å². The van der Waals surface area contributed by atoms with Crippen LogP contribution in [0.15, 0.2) is 60.7 Å². The summed E-state index contributed by atoms with van der Waals surface area (Å²) >= 11 is 0. The fraction of sp³-hybridized carbons (Fsp3) is 0.368. The van der Waals surface area contributed by atoms with Crippen molar-refractivity contribution in [2.75, 3.05) is 0 Å². The summed E-state index contributed by atoms with van der Waals surface area (Å²) in [5.41, 5.74) is 3.69. The van der Waals surface area contributed by atoms with Crippen molar-refractivity contribution in [3.05, 3.63) is 71.8 Å². The van der Waals surface area contributed by atoms with E-state index in [4.69, 9.17) is 0 Å². The molecule has 0 unspecified atom stereocenters. The Kier molecular flexibility index (Phi) is 2.97. The molecule has 0 aromatic heterocycles. The third kappa shape index (κ3) is 2.20. The van der Waals surface area contributed by atoms with Gasteiger partial charge >= 0.3 is 0 Å². The topological polar surface area (TPSA) is 0 Å². The summed E-state index contributed by atoms with van der Waals surface area (Å²) in [6.07, 6.45) is 3.82. The maximum atomic E-state index is 2.43. The average molecular weight is 250 g/mol. The third-order valence-electron chi connectivity index (χ3n) is 4.86. The molecule has 19 heavy (non-hydrogen) atoms. The number of hydrogen-bond donors (Lipinski definition) is 0. The molecule has 0 radical (unpaired) electrons. The highest BCUT2D eigenvalue weighted by Crippen LogP contribution is 2.60. The minimum Gasteiger partial charge on any atom is -0.0622 e. The van der Waals surface area contributed by atoms with E-state index in [9.17, 15) is 0 Å². The van der Waals surface area contributed by atoms with Crippen molar-refractivity contribution in [1.29, 1.82) is 0 Å². The van der Waals surface area contributed by atoms with Crippen molar-refractivity contribution < 1.29 is 0 Å². The molecular formula is C19H22. The summed E-state index contributed by atoms with van der Waals surface area (Å²) in [4.78, 5) is 0. The van der Waals surface area contributed by atoms with Crippen molar-refractivity contribution in [2.45, 2.75) is 38.5 Å². The second kappa shape index (κ2) is 4.52. The van der Waals surface area contributed by atoms with E-state index in [2.05, 4.69) is 74.5 Å². The van der Waals surface area contributed by atoms with Gasteiger partial charge in [0, 0.05) is 5.41 Å². The largest absolute Gasteiger partial charge is 0.0622 e. The fourth-order valence-electron chi connectivity index (χ4n) is 3.51. The van der Waals surface area contributed by atoms with Crippen LogP contribution in [0.1, 0.15) is 37.8 Å². The van der Waals surface area contributed by atoms with Crippen LogP contribution < -0.4 is 0 Å². The molecule has 0 saturated heterocycles. The van der Waals surface area contributed by atoms with Gasteiger partial charge in [-0.25, -0.2) is 0 Å². The minimum atomic E-state index is 0.315. The molecule has 1 fully saturated rings. The van der Waals surface area contributed by atoms with Gasteiger partial charge in [0.05, 0.1) is 0 Å². The molecule has 0 heterocycles. The van der Waals surface area contributed by atoms with Crippen molar-refractivity contribution >= 4 is 0 Å². The quantitative estimate of drug-likeness (QED) is 0.717. The van der Waals surface area contributed by atoms with Crippen LogP contribution in [0.5, 0.6) is 0 Å². The van der Waals surface area contributed by atoms with Crippen LogP contribution in [0.25, 0.3) is 0 Å². The second-order valence-corrected chi connectivity index (χ2v) is 6.49. The van der Waals surface area contributed by atoms with E-state index in [0.29, 0.717) is 10.8 Å². The van der Waals surface area contributed by atoms with E-state index in [1.807, 2.05) is 0 Å². The van der Waals surface area contributed by atoms with Gasteiger partial charge in [-0.1, -0.05) is 74.5 Å². The van der Waals surface area contributed by atoms with Crippen molar-refractivity contribution in [2.24, 2.45) is 5.41 Å². The normalized spacial score (nSPS) is 17.2. The minimum absolute atomic E-state index is 0.315. The van der Waals surface area contributed by atoms with Gasteiger partial charge in [0.1, 0.15) is 0 Å². The zero-order valence-electron chi connectivity index (χ0n) is 11.9. The van der Waals surface area contributed by atoms with Crippen LogP contribution >= 0.6 is 0 Å². The Hall–Kier alpha value is -1.56. The number of benzene rings is 2. The molecule has 98 valence electrons. The molecule has 0 N–H and O–H groups in total. The van der Waals surface area contributed by atoms with Crippen LogP contribution in [-0.4, -0.2) is 0 Å². The highest BCUT2D eigenvalue weighted by atomic mass is 14.6. The summed E-state index contributed by atoms with van der Waals surface area (Å²) < 4.78 is 0. The van der Waals surface area contributed by atoms with Gasteiger partial charge in [-0.2, -0.15) is 0 Å². The molecule has 0 amide bonds. The van der Waals surface area contributed by atoms with E-state index in [1.165, 1.54) is 24.0 Å². The summed E-state index contributed by atoms with van der Waals surface area (Å²) in [6.45, 7) is 4.86. The Labute approximate surface area is 116 Å². The lowest BCUT2D eigenvalue weighted by Gasteiger charge is -2.36. The molecule has 1 aliphatic rings. The molecule has 0 aliphatic heterocycles. The summed E-state index contributed by atoms with van der Waals surface area (Å²) in [6, 6.07) is 22.0. The maximum Gasteiger partial charge on any atom is 0.000793 e. The van der Waals surface area contributed by atoms with Crippen LogP contribution in [0.4, 0.5) is 0 Å². The zero-order chi connectivity index (χ0) is 13.3. The molecule has 0 atom stereocenters. The lowest BCUT2D eigenvalue weighted by Crippen LogP contribution is -2.31. The van der Waals surface area contributed by atoms with Crippen molar-refractivity contribution in [3.8, 4) is 0 Å². The smallest absolute Gasteiger partial charge is 0.000793 e. The molecular weight excluding hydrogens is 228 g/mol. The summed E-state index contributed by atoms with van der Waals surface area (Å²) in [5, 5.41) is 0. The highest BCUT2D eigenvalue weighted by molar-refractivity contribution is 5.35. The first-order chi connectivity index (χ1) is 9.14. The van der Waals surface area contributed by atoms with Crippen molar-refractivity contribution in [3.63, 3.8) is 0 Å². The van der Waals surface area contributed by atoms with Gasteiger partial charge in [0.2, 0.25) is 0 Å². The second-order valence-electron chi connectivity index (χ2n) is 6.49. The van der Waals surface area contributed by atoms with E-state index in [0.717, 1.165) is 6.42 Å². The Balaban J connectivity index is 1.88. The highest BCUT2D eigenvalue weighted by Gasteiger charge is 2.54. The van der Waals surface area contributed by atoms with Gasteiger partial charge in [-0.05, 0) is 35.8 Å². The Morgan fingerprint density at radius 2 is 1.37 bits per heavy atom. The van der Waals surface area contributed by atoms with E-state index in [1.54, 1.807) is 0 Å². The monoisotopic (exact) mass is 250 g/mol. The first-order valence-electron chi connectivity index (χ1n) is 7.24. The molecule has 2 aromatic rings. The van der Waals surface area contributed by atoms with Gasteiger partial charge in [0.15, 0.2) is 0 Å². The lowest BCUT2D eigenvalue weighted by atomic mass is 9.68. The van der Waals surface area contributed by atoms with Gasteiger partial charge in [-0.15, -0.1) is 0 Å². The Morgan fingerprint density at radius 1 is 0.842 bits per heavy atom. The van der Waals surface area contributed by atoms with E-state index < -0.39 is 0 Å². The van der Waals surface area contributed by atoms with Crippen LogP contribution in [0, 0.1) is 5.41 Å². The standard InChI is InChI=1S/C19H22/c1-18(2,15-16-9-5-3-6-10-16)19(13-14-19)17-11-7-4-8-12-17/h3-12H,13-15H2,1-2H3. The van der Waals surface area contributed by atoms with Gasteiger partial charge in [0.25, 0.3) is 0 Å². The Bertz CT molecular complexity index is 533. The molecule has 3 rings (SSSR count). The first-order valence-corrected chi connectivity index (χ1v) is 7.24. The van der Waals surface area contributed by atoms with E-state index in [-0.39, 0.29) is 0 Å². The molecule has 1 aliphatic carbocycles. The molecule has 0 spiro atoms. The predicted octanol–water partition coefficient (Wildman–Crippen LogP) is 4.99. The van der Waals surface area contributed by atoms with Crippen molar-refractivity contribution in [1.82, 2.24) is 0 Å². The first kappa shape index (κ1) is 12.5. The molecule has 1 saturated carbocycles. The van der Waals surface area contributed by atoms with Crippen LogP contribution in [-0.2, 0) is 11.8 Å². The van der Waals surface area contributed by atoms with Gasteiger partial charge < -0.3 is 0 Å². The molecule has 0 nitrogen and oxygen atoms in total. The summed E-state index contributed by atoms with van der Waals surface area (Å²) in [5.74, 6) is 0. The fourth-order valence-corrected chi connectivity index (χ4v) is 3.51. The molecule has 0 heteroatoms. The zero-order valence-corrected chi connectivity index (χ0v) is 11.9. The predicted molar refractivity (Wildman–Crippen MR) is 81.3 cm³/mol. The number of rotatable bonds is 4. The van der Waals surface area contributed by atoms with Crippen LogP contribution in [0.2, 0.25) is 0 Å².